The molecule has 4 aromatic rings. The van der Waals surface area contributed by atoms with Crippen molar-refractivity contribution in [2.24, 2.45) is 0 Å². The van der Waals surface area contributed by atoms with E-state index in [2.05, 4.69) is 10.2 Å². The molecule has 0 bridgehead atoms. The van der Waals surface area contributed by atoms with Crippen LogP contribution in [0.2, 0.25) is 0 Å². The molecule has 36 heavy (non-hydrogen) atoms. The number of hydrogen-bond donors (Lipinski definition) is 3. The minimum Gasteiger partial charge on any atom is -0.479 e. The van der Waals surface area contributed by atoms with Crippen molar-refractivity contribution >= 4 is 27.6 Å². The average molecular weight is 495 g/mol. The Hall–Kier alpha value is -3.63. The van der Waals surface area contributed by atoms with E-state index in [1.165, 1.54) is 12.1 Å². The summed E-state index contributed by atoms with van der Waals surface area (Å²) in [6.45, 7) is 1.10. The zero-order valence-electron chi connectivity index (χ0n) is 19.1. The number of fused-ring (bicyclic) bond motifs is 2. The number of carboxylic acid groups (broad SMARTS) is 1. The lowest BCUT2D eigenvalue weighted by Crippen LogP contribution is -2.55. The Labute approximate surface area is 203 Å². The summed E-state index contributed by atoms with van der Waals surface area (Å²) in [4.78, 5) is 16.2. The SMILES string of the molecule is O=C(O)C1(O)CC(Oc2nc(C3CCOCC3)c(-c3ccc(F)c(F)c3)c3cc4cn[nH]c4cc23)C1. The van der Waals surface area contributed by atoms with Crippen molar-refractivity contribution < 1.29 is 33.3 Å². The fraction of sp³-hybridized carbons (Fsp3) is 0.346. The van der Waals surface area contributed by atoms with Crippen LogP contribution in [0.5, 0.6) is 5.88 Å². The molecule has 2 aromatic heterocycles. The third kappa shape index (κ3) is 3.77. The van der Waals surface area contributed by atoms with Crippen LogP contribution in [0.15, 0.2) is 36.5 Å². The van der Waals surface area contributed by atoms with Crippen LogP contribution in [0, 0.1) is 11.6 Å². The third-order valence-electron chi connectivity index (χ3n) is 7.18. The van der Waals surface area contributed by atoms with E-state index in [4.69, 9.17) is 14.5 Å². The van der Waals surface area contributed by atoms with Gasteiger partial charge in [0.1, 0.15) is 6.10 Å². The number of aromatic nitrogens is 3. The van der Waals surface area contributed by atoms with Gasteiger partial charge in [0.15, 0.2) is 17.2 Å². The van der Waals surface area contributed by atoms with Crippen molar-refractivity contribution in [3.05, 3.63) is 53.9 Å². The molecule has 1 saturated carbocycles. The molecule has 0 spiro atoms. The van der Waals surface area contributed by atoms with E-state index in [0.717, 1.165) is 22.4 Å². The number of carboxylic acids is 1. The second-order valence-electron chi connectivity index (χ2n) is 9.53. The molecule has 10 heteroatoms. The number of aromatic amines is 1. The molecule has 0 radical (unpaired) electrons. The maximum Gasteiger partial charge on any atom is 0.335 e. The minimum atomic E-state index is -1.81. The van der Waals surface area contributed by atoms with Crippen LogP contribution in [-0.4, -0.2) is 56.3 Å². The van der Waals surface area contributed by atoms with Gasteiger partial charge in [-0.3, -0.25) is 5.10 Å². The maximum atomic E-state index is 14.4. The topological polar surface area (TPSA) is 118 Å². The summed E-state index contributed by atoms with van der Waals surface area (Å²) >= 11 is 0. The Balaban J connectivity index is 1.56. The Morgan fingerprint density at radius 2 is 1.89 bits per heavy atom. The van der Waals surface area contributed by atoms with E-state index in [1.807, 2.05) is 12.1 Å². The van der Waals surface area contributed by atoms with Gasteiger partial charge in [-0.25, -0.2) is 18.6 Å². The number of nitrogens with zero attached hydrogens (tertiary/aromatic N) is 2. The van der Waals surface area contributed by atoms with Crippen LogP contribution >= 0.6 is 0 Å². The third-order valence-corrected chi connectivity index (χ3v) is 7.18. The van der Waals surface area contributed by atoms with Gasteiger partial charge in [-0.05, 0) is 48.1 Å². The predicted octanol–water partition coefficient (Wildman–Crippen LogP) is 4.31. The number of pyridine rings is 1. The normalized spacial score (nSPS) is 22.6. The zero-order valence-corrected chi connectivity index (χ0v) is 19.1. The molecule has 3 N–H and O–H groups in total. The quantitative estimate of drug-likeness (QED) is 0.378. The molecule has 186 valence electrons. The molecule has 0 amide bonds. The number of benzene rings is 2. The Bertz CT molecular complexity index is 1490. The number of ether oxygens (including phenoxy) is 2. The van der Waals surface area contributed by atoms with E-state index in [1.54, 1.807) is 6.20 Å². The van der Waals surface area contributed by atoms with Gasteiger partial charge >= 0.3 is 5.97 Å². The number of hydrogen-bond acceptors (Lipinski definition) is 6. The van der Waals surface area contributed by atoms with Gasteiger partial charge in [0.05, 0.1) is 17.4 Å². The summed E-state index contributed by atoms with van der Waals surface area (Å²) in [6.07, 6.45) is 2.42. The number of aliphatic carboxylic acids is 1. The van der Waals surface area contributed by atoms with Gasteiger partial charge in [0, 0.05) is 48.3 Å². The first-order valence-corrected chi connectivity index (χ1v) is 11.8. The second kappa shape index (κ2) is 8.49. The first-order chi connectivity index (χ1) is 17.3. The number of nitrogens with one attached hydrogen (secondary N) is 1. The van der Waals surface area contributed by atoms with Crippen LogP contribution in [-0.2, 0) is 9.53 Å². The maximum absolute atomic E-state index is 14.4. The number of carbonyl (C=O) groups is 1. The van der Waals surface area contributed by atoms with E-state index >= 15 is 0 Å². The van der Waals surface area contributed by atoms with Gasteiger partial charge in [-0.2, -0.15) is 5.10 Å². The Morgan fingerprint density at radius 3 is 2.61 bits per heavy atom. The highest BCUT2D eigenvalue weighted by molar-refractivity contribution is 6.06. The minimum absolute atomic E-state index is 0.00833. The standard InChI is InChI=1S/C26H23F2N3O5/c27-19-2-1-14(8-20(19)28)22-17-7-15-12-29-31-21(15)9-18(17)24(30-23(22)13-3-5-35-6-4-13)36-16-10-26(34,11-16)25(32)33/h1-2,7-9,12-13,16,34H,3-6,10-11H2,(H,29,31)(H,32,33). The molecule has 1 saturated heterocycles. The molecule has 3 heterocycles. The fourth-order valence-corrected chi connectivity index (χ4v) is 5.16. The highest BCUT2D eigenvalue weighted by Crippen LogP contribution is 2.44. The van der Waals surface area contributed by atoms with Crippen molar-refractivity contribution in [2.45, 2.75) is 43.3 Å². The van der Waals surface area contributed by atoms with Crippen LogP contribution < -0.4 is 4.74 Å². The summed E-state index contributed by atoms with van der Waals surface area (Å²) in [7, 11) is 0. The van der Waals surface area contributed by atoms with Gasteiger partial charge in [0.25, 0.3) is 0 Å². The van der Waals surface area contributed by atoms with Crippen LogP contribution in [0.3, 0.4) is 0 Å². The highest BCUT2D eigenvalue weighted by Gasteiger charge is 2.51. The number of aliphatic hydroxyl groups is 1. The molecule has 1 aliphatic heterocycles. The van der Waals surface area contributed by atoms with Crippen LogP contribution in [0.1, 0.15) is 37.3 Å². The number of halogens is 2. The summed E-state index contributed by atoms with van der Waals surface area (Å²) in [6, 6.07) is 7.56. The average Bonchev–Trinajstić information content (AvgIpc) is 3.31. The lowest BCUT2D eigenvalue weighted by atomic mass is 9.77. The largest absolute Gasteiger partial charge is 0.479 e. The van der Waals surface area contributed by atoms with Crippen molar-refractivity contribution in [2.75, 3.05) is 13.2 Å². The lowest BCUT2D eigenvalue weighted by molar-refractivity contribution is -0.179. The smallest absolute Gasteiger partial charge is 0.335 e. The fourth-order valence-electron chi connectivity index (χ4n) is 5.16. The molecule has 2 fully saturated rings. The highest BCUT2D eigenvalue weighted by atomic mass is 19.2. The Kier molecular flexibility index (Phi) is 5.38. The van der Waals surface area contributed by atoms with Crippen LogP contribution in [0.4, 0.5) is 8.78 Å². The predicted molar refractivity (Wildman–Crippen MR) is 126 cm³/mol. The van der Waals surface area contributed by atoms with Gasteiger partial charge in [-0.1, -0.05) is 6.07 Å². The van der Waals surface area contributed by atoms with E-state index < -0.39 is 29.3 Å². The van der Waals surface area contributed by atoms with Gasteiger partial charge in [-0.15, -0.1) is 0 Å². The van der Waals surface area contributed by atoms with Crippen LogP contribution in [0.25, 0.3) is 32.8 Å². The van der Waals surface area contributed by atoms with Crippen molar-refractivity contribution in [1.82, 2.24) is 15.2 Å². The molecule has 0 atom stereocenters. The first kappa shape index (κ1) is 22.8. The van der Waals surface area contributed by atoms with Gasteiger partial charge < -0.3 is 19.7 Å². The van der Waals surface area contributed by atoms with E-state index in [0.29, 0.717) is 54.1 Å². The molecule has 8 nitrogen and oxygen atoms in total. The van der Waals surface area contributed by atoms with Crippen molar-refractivity contribution in [3.8, 4) is 17.0 Å². The van der Waals surface area contributed by atoms with Crippen molar-refractivity contribution in [1.29, 1.82) is 0 Å². The van der Waals surface area contributed by atoms with E-state index in [9.17, 15) is 23.8 Å². The van der Waals surface area contributed by atoms with Crippen molar-refractivity contribution in [3.63, 3.8) is 0 Å². The van der Waals surface area contributed by atoms with Gasteiger partial charge in [0.2, 0.25) is 5.88 Å². The molecule has 0 unspecified atom stereocenters. The monoisotopic (exact) mass is 495 g/mol. The Morgan fingerprint density at radius 1 is 1.11 bits per heavy atom. The first-order valence-electron chi connectivity index (χ1n) is 11.8. The zero-order chi connectivity index (χ0) is 25.0. The molecule has 6 rings (SSSR count). The molecule has 2 aliphatic rings. The molecule has 2 aromatic carbocycles. The number of rotatable bonds is 5. The summed E-state index contributed by atoms with van der Waals surface area (Å²) in [5.41, 5.74) is 0.780. The molecular formula is C26H23F2N3O5. The summed E-state index contributed by atoms with van der Waals surface area (Å²) in [5.74, 6) is -2.88. The lowest BCUT2D eigenvalue weighted by Gasteiger charge is -2.39. The number of H-pyrrole nitrogens is 1. The second-order valence-corrected chi connectivity index (χ2v) is 9.53. The summed E-state index contributed by atoms with van der Waals surface area (Å²) < 4.78 is 39.9. The summed E-state index contributed by atoms with van der Waals surface area (Å²) in [5, 5.41) is 28.6. The molecular weight excluding hydrogens is 472 g/mol. The molecule has 1 aliphatic carbocycles. The van der Waals surface area contributed by atoms with E-state index in [-0.39, 0.29) is 18.8 Å².